The summed E-state index contributed by atoms with van der Waals surface area (Å²) >= 11 is 6.59. The Balaban J connectivity index is 2.01. The van der Waals surface area contributed by atoms with Crippen LogP contribution in [0.2, 0.25) is 0 Å². The van der Waals surface area contributed by atoms with E-state index in [4.69, 9.17) is 16.3 Å². The van der Waals surface area contributed by atoms with Gasteiger partial charge in [-0.15, -0.1) is 11.6 Å². The van der Waals surface area contributed by atoms with E-state index < -0.39 is 0 Å². The molecule has 1 aliphatic heterocycles. The van der Waals surface area contributed by atoms with E-state index in [1.165, 1.54) is 11.1 Å². The van der Waals surface area contributed by atoms with Crippen molar-refractivity contribution < 1.29 is 4.74 Å². The minimum Gasteiger partial charge on any atom is -0.378 e. The second kappa shape index (κ2) is 5.88. The predicted octanol–water partition coefficient (Wildman–Crippen LogP) is 3.96. The molecule has 1 nitrogen and oxygen atoms in total. The van der Waals surface area contributed by atoms with E-state index >= 15 is 0 Å². The summed E-state index contributed by atoms with van der Waals surface area (Å²) in [4.78, 5) is 0. The van der Waals surface area contributed by atoms with Crippen LogP contribution < -0.4 is 0 Å². The Morgan fingerprint density at radius 3 is 2.88 bits per heavy atom. The van der Waals surface area contributed by atoms with Crippen molar-refractivity contribution in [2.75, 3.05) is 6.61 Å². The van der Waals surface area contributed by atoms with Crippen molar-refractivity contribution in [3.63, 3.8) is 0 Å². The smallest absolute Gasteiger partial charge is 0.0615 e. The fourth-order valence-electron chi connectivity index (χ4n) is 2.70. The van der Waals surface area contributed by atoms with Crippen molar-refractivity contribution in [3.05, 3.63) is 35.4 Å². The lowest BCUT2D eigenvalue weighted by Crippen LogP contribution is -2.25. The zero-order valence-electron chi connectivity index (χ0n) is 10.7. The summed E-state index contributed by atoms with van der Waals surface area (Å²) in [5.41, 5.74) is 2.71. The maximum Gasteiger partial charge on any atom is 0.0615 e. The molecule has 3 unspecified atom stereocenters. The molecule has 94 valence electrons. The lowest BCUT2D eigenvalue weighted by atomic mass is 9.90. The number of aryl methyl sites for hydroxylation is 1. The van der Waals surface area contributed by atoms with Crippen LogP contribution in [-0.4, -0.2) is 18.1 Å². The molecule has 0 bridgehead atoms. The number of benzene rings is 1. The number of ether oxygens (including phenoxy) is 1. The standard InChI is InChI=1S/C15H21ClO/c1-3-15-13(8-9-17-15)14(16)10-12-7-5-4-6-11(12)2/h4-7,13-15H,3,8-10H2,1-2H3. The van der Waals surface area contributed by atoms with Gasteiger partial charge in [0.25, 0.3) is 0 Å². The first-order valence-electron chi connectivity index (χ1n) is 6.52. The van der Waals surface area contributed by atoms with E-state index in [2.05, 4.69) is 38.1 Å². The van der Waals surface area contributed by atoms with Gasteiger partial charge in [-0.1, -0.05) is 31.2 Å². The van der Waals surface area contributed by atoms with E-state index in [1.54, 1.807) is 0 Å². The predicted molar refractivity (Wildman–Crippen MR) is 72.7 cm³/mol. The molecule has 1 aromatic carbocycles. The van der Waals surface area contributed by atoms with Crippen molar-refractivity contribution in [2.45, 2.75) is 44.6 Å². The Morgan fingerprint density at radius 2 is 2.18 bits per heavy atom. The maximum atomic E-state index is 6.59. The third kappa shape index (κ3) is 3.02. The molecular formula is C15H21ClO. The highest BCUT2D eigenvalue weighted by molar-refractivity contribution is 6.21. The Hall–Kier alpha value is -0.530. The van der Waals surface area contributed by atoms with Gasteiger partial charge in [0, 0.05) is 17.9 Å². The lowest BCUT2D eigenvalue weighted by Gasteiger charge is -2.22. The van der Waals surface area contributed by atoms with Crippen LogP contribution in [0.15, 0.2) is 24.3 Å². The highest BCUT2D eigenvalue weighted by atomic mass is 35.5. The number of rotatable bonds is 4. The van der Waals surface area contributed by atoms with Gasteiger partial charge in [-0.2, -0.15) is 0 Å². The molecule has 1 aromatic rings. The van der Waals surface area contributed by atoms with E-state index in [0.717, 1.165) is 25.9 Å². The third-order valence-electron chi connectivity index (χ3n) is 3.80. The number of hydrogen-bond donors (Lipinski definition) is 0. The quantitative estimate of drug-likeness (QED) is 0.737. The molecular weight excluding hydrogens is 232 g/mol. The molecule has 0 saturated carbocycles. The van der Waals surface area contributed by atoms with E-state index in [1.807, 2.05) is 0 Å². The molecule has 0 N–H and O–H groups in total. The molecule has 1 saturated heterocycles. The Bertz CT molecular complexity index is 364. The van der Waals surface area contributed by atoms with Crippen molar-refractivity contribution in [2.24, 2.45) is 5.92 Å². The monoisotopic (exact) mass is 252 g/mol. The van der Waals surface area contributed by atoms with Crippen LogP contribution in [0, 0.1) is 12.8 Å². The SMILES string of the molecule is CCC1OCCC1C(Cl)Cc1ccccc1C. The normalized spacial score (nSPS) is 26.1. The van der Waals surface area contributed by atoms with Gasteiger partial charge in [0.1, 0.15) is 0 Å². The first kappa shape index (κ1) is 12.9. The molecule has 1 heterocycles. The van der Waals surface area contributed by atoms with Crippen molar-refractivity contribution in [3.8, 4) is 0 Å². The van der Waals surface area contributed by atoms with Crippen molar-refractivity contribution in [1.29, 1.82) is 0 Å². The van der Waals surface area contributed by atoms with Crippen LogP contribution in [0.5, 0.6) is 0 Å². The molecule has 0 radical (unpaired) electrons. The van der Waals surface area contributed by atoms with Gasteiger partial charge in [0.15, 0.2) is 0 Å². The van der Waals surface area contributed by atoms with Crippen LogP contribution in [0.4, 0.5) is 0 Å². The molecule has 1 fully saturated rings. The molecule has 2 heteroatoms. The van der Waals surface area contributed by atoms with Crippen LogP contribution in [0.1, 0.15) is 30.9 Å². The Kier molecular flexibility index (Phi) is 4.47. The van der Waals surface area contributed by atoms with Crippen LogP contribution in [0.3, 0.4) is 0 Å². The average molecular weight is 253 g/mol. The first-order chi connectivity index (χ1) is 8.22. The molecule has 1 aliphatic rings. The molecule has 0 spiro atoms. The summed E-state index contributed by atoms with van der Waals surface area (Å²) in [5.74, 6) is 0.515. The largest absolute Gasteiger partial charge is 0.378 e. The molecule has 0 aliphatic carbocycles. The topological polar surface area (TPSA) is 9.23 Å². The van der Waals surface area contributed by atoms with Crippen LogP contribution >= 0.6 is 11.6 Å². The zero-order valence-corrected chi connectivity index (χ0v) is 11.4. The summed E-state index contributed by atoms with van der Waals surface area (Å²) in [6.07, 6.45) is 3.50. The summed E-state index contributed by atoms with van der Waals surface area (Å²) < 4.78 is 5.72. The molecule has 0 aromatic heterocycles. The number of alkyl halides is 1. The molecule has 3 atom stereocenters. The van der Waals surface area contributed by atoms with Gasteiger partial charge < -0.3 is 4.74 Å². The Morgan fingerprint density at radius 1 is 1.41 bits per heavy atom. The van der Waals surface area contributed by atoms with Gasteiger partial charge in [0.05, 0.1) is 6.10 Å². The minimum atomic E-state index is 0.198. The second-order valence-corrected chi connectivity index (χ2v) is 5.48. The summed E-state index contributed by atoms with van der Waals surface area (Å²) in [5, 5.41) is 0.198. The fraction of sp³-hybridized carbons (Fsp3) is 0.600. The van der Waals surface area contributed by atoms with Gasteiger partial charge >= 0.3 is 0 Å². The molecule has 17 heavy (non-hydrogen) atoms. The molecule has 0 amide bonds. The minimum absolute atomic E-state index is 0.198. The fourth-order valence-corrected chi connectivity index (χ4v) is 3.15. The van der Waals surface area contributed by atoms with Crippen LogP contribution in [-0.2, 0) is 11.2 Å². The van der Waals surface area contributed by atoms with Gasteiger partial charge in [-0.3, -0.25) is 0 Å². The number of halogens is 1. The summed E-state index contributed by atoms with van der Waals surface area (Å²) in [6.45, 7) is 5.21. The van der Waals surface area contributed by atoms with Gasteiger partial charge in [0.2, 0.25) is 0 Å². The van der Waals surface area contributed by atoms with Crippen LogP contribution in [0.25, 0.3) is 0 Å². The van der Waals surface area contributed by atoms with Crippen molar-refractivity contribution in [1.82, 2.24) is 0 Å². The first-order valence-corrected chi connectivity index (χ1v) is 6.96. The number of hydrogen-bond acceptors (Lipinski definition) is 1. The third-order valence-corrected chi connectivity index (χ3v) is 4.28. The van der Waals surface area contributed by atoms with E-state index in [-0.39, 0.29) is 5.38 Å². The summed E-state index contributed by atoms with van der Waals surface area (Å²) in [7, 11) is 0. The van der Waals surface area contributed by atoms with Gasteiger partial charge in [-0.25, -0.2) is 0 Å². The highest BCUT2D eigenvalue weighted by Crippen LogP contribution is 2.31. The van der Waals surface area contributed by atoms with E-state index in [9.17, 15) is 0 Å². The van der Waals surface area contributed by atoms with E-state index in [0.29, 0.717) is 12.0 Å². The molecule has 2 rings (SSSR count). The zero-order chi connectivity index (χ0) is 12.3. The van der Waals surface area contributed by atoms with Crippen molar-refractivity contribution >= 4 is 11.6 Å². The summed E-state index contributed by atoms with van der Waals surface area (Å²) in [6, 6.07) is 8.51. The van der Waals surface area contributed by atoms with Gasteiger partial charge in [-0.05, 0) is 37.3 Å². The average Bonchev–Trinajstić information content (AvgIpc) is 2.80. The second-order valence-electron chi connectivity index (χ2n) is 4.92. The maximum absolute atomic E-state index is 6.59. The Labute approximate surface area is 109 Å². The lowest BCUT2D eigenvalue weighted by molar-refractivity contribution is 0.0864. The highest BCUT2D eigenvalue weighted by Gasteiger charge is 2.32.